The van der Waals surface area contributed by atoms with Crippen LogP contribution in [-0.4, -0.2) is 46.1 Å². The molecule has 1 saturated heterocycles. The lowest BCUT2D eigenvalue weighted by Gasteiger charge is -2.42. The van der Waals surface area contributed by atoms with Gasteiger partial charge in [-0.25, -0.2) is 0 Å². The first kappa shape index (κ1) is 17.3. The van der Waals surface area contributed by atoms with Gasteiger partial charge in [-0.1, -0.05) is 48.7 Å². The summed E-state index contributed by atoms with van der Waals surface area (Å²) in [6.07, 6.45) is -0.578. The third-order valence-electron chi connectivity index (χ3n) is 2.93. The molecular weight excluding hydrogens is 311 g/mol. The average molecular weight is 332 g/mol. The molecule has 1 amide bonds. The number of hydrogen-bond donors (Lipinski definition) is 1. The molecule has 1 heterocycles. The first-order chi connectivity index (χ1) is 8.61. The smallest absolute Gasteiger partial charge is 0.223 e. The number of carbonyl (C=O) groups excluding carboxylic acids is 1. The maximum Gasteiger partial charge on any atom is 0.223 e. The molecule has 1 aliphatic heterocycles. The van der Waals surface area contributed by atoms with E-state index in [4.69, 9.17) is 39.5 Å². The van der Waals surface area contributed by atoms with E-state index in [0.717, 1.165) is 0 Å². The summed E-state index contributed by atoms with van der Waals surface area (Å²) in [7, 11) is 0. The van der Waals surface area contributed by atoms with Gasteiger partial charge in [0.1, 0.15) is 6.17 Å². The Morgan fingerprint density at radius 1 is 1.26 bits per heavy atom. The Bertz CT molecular complexity index is 311. The molecule has 0 unspecified atom stereocenters. The van der Waals surface area contributed by atoms with Gasteiger partial charge in [0, 0.05) is 19.0 Å². The minimum atomic E-state index is -1.58. The van der Waals surface area contributed by atoms with Gasteiger partial charge < -0.3 is 10.1 Å². The van der Waals surface area contributed by atoms with E-state index in [1.165, 1.54) is 0 Å². The van der Waals surface area contributed by atoms with Crippen LogP contribution in [0.5, 0.6) is 0 Å². The lowest BCUT2D eigenvalue weighted by atomic mass is 10.2. The second-order valence-electron chi connectivity index (χ2n) is 5.32. The number of carbonyl (C=O) groups is 1. The van der Waals surface area contributed by atoms with Crippen LogP contribution >= 0.6 is 34.8 Å². The molecule has 0 bridgehead atoms. The SMILES string of the molecule is CC(C)C(=O)N[C@@H](N1C[C@@H](C)O[C@H](C)C1)C(Cl)(Cl)Cl. The van der Waals surface area contributed by atoms with Gasteiger partial charge in [-0.2, -0.15) is 0 Å². The van der Waals surface area contributed by atoms with Gasteiger partial charge in [-0.3, -0.25) is 9.69 Å². The Morgan fingerprint density at radius 2 is 1.74 bits per heavy atom. The molecule has 0 radical (unpaired) electrons. The van der Waals surface area contributed by atoms with Crippen molar-refractivity contribution in [2.75, 3.05) is 13.1 Å². The summed E-state index contributed by atoms with van der Waals surface area (Å²) in [5, 5.41) is 2.80. The van der Waals surface area contributed by atoms with Crippen LogP contribution in [-0.2, 0) is 9.53 Å². The molecule has 0 aliphatic carbocycles. The summed E-state index contributed by atoms with van der Waals surface area (Å²) in [5.74, 6) is -0.297. The summed E-state index contributed by atoms with van der Waals surface area (Å²) in [4.78, 5) is 13.8. The molecule has 1 N–H and O–H groups in total. The van der Waals surface area contributed by atoms with E-state index in [1.54, 1.807) is 13.8 Å². The minimum Gasteiger partial charge on any atom is -0.373 e. The van der Waals surface area contributed by atoms with Crippen molar-refractivity contribution in [1.82, 2.24) is 10.2 Å². The average Bonchev–Trinajstić information content (AvgIpc) is 2.21. The first-order valence-corrected chi connectivity index (χ1v) is 7.51. The monoisotopic (exact) mass is 330 g/mol. The zero-order chi connectivity index (χ0) is 14.8. The van der Waals surface area contributed by atoms with Crippen LogP contribution in [0.2, 0.25) is 0 Å². The quantitative estimate of drug-likeness (QED) is 0.808. The van der Waals surface area contributed by atoms with Crippen LogP contribution in [0.15, 0.2) is 0 Å². The molecule has 4 nitrogen and oxygen atoms in total. The molecule has 1 rings (SSSR count). The second kappa shape index (κ2) is 6.81. The summed E-state index contributed by atoms with van der Waals surface area (Å²) in [6.45, 7) is 8.75. The topological polar surface area (TPSA) is 41.6 Å². The van der Waals surface area contributed by atoms with Crippen LogP contribution in [0.3, 0.4) is 0 Å². The lowest BCUT2D eigenvalue weighted by Crippen LogP contribution is -2.61. The number of amides is 1. The number of nitrogens with zero attached hydrogens (tertiary/aromatic N) is 1. The fourth-order valence-corrected chi connectivity index (χ4v) is 2.69. The predicted octanol–water partition coefficient (Wildman–Crippen LogP) is 2.56. The van der Waals surface area contributed by atoms with Crippen LogP contribution in [0.25, 0.3) is 0 Å². The molecule has 1 aliphatic rings. The van der Waals surface area contributed by atoms with Crippen molar-refractivity contribution >= 4 is 40.7 Å². The van der Waals surface area contributed by atoms with E-state index in [2.05, 4.69) is 5.32 Å². The molecule has 0 aromatic heterocycles. The zero-order valence-electron chi connectivity index (χ0n) is 11.6. The summed E-state index contributed by atoms with van der Waals surface area (Å²) in [6, 6.07) is 0. The Morgan fingerprint density at radius 3 is 2.11 bits per heavy atom. The fraction of sp³-hybridized carbons (Fsp3) is 0.917. The van der Waals surface area contributed by atoms with E-state index in [-0.39, 0.29) is 24.0 Å². The maximum atomic E-state index is 11.9. The van der Waals surface area contributed by atoms with Crippen molar-refractivity contribution in [2.24, 2.45) is 5.92 Å². The van der Waals surface area contributed by atoms with Crippen LogP contribution in [0.4, 0.5) is 0 Å². The summed E-state index contributed by atoms with van der Waals surface area (Å²) >= 11 is 18.0. The Kier molecular flexibility index (Phi) is 6.21. The third kappa shape index (κ3) is 5.27. The molecule has 0 spiro atoms. The van der Waals surface area contributed by atoms with Gasteiger partial charge in [0.15, 0.2) is 0 Å². The van der Waals surface area contributed by atoms with Crippen molar-refractivity contribution in [3.05, 3.63) is 0 Å². The number of rotatable bonds is 3. The molecular formula is C12H21Cl3N2O2. The normalized spacial score (nSPS) is 27.4. The molecule has 0 saturated carbocycles. The van der Waals surface area contributed by atoms with Crippen LogP contribution in [0.1, 0.15) is 27.7 Å². The molecule has 1 fully saturated rings. The van der Waals surface area contributed by atoms with Crippen molar-refractivity contribution in [3.8, 4) is 0 Å². The predicted molar refractivity (Wildman–Crippen MR) is 78.6 cm³/mol. The highest BCUT2D eigenvalue weighted by molar-refractivity contribution is 6.68. The number of ether oxygens (including phenoxy) is 1. The van der Waals surface area contributed by atoms with Crippen molar-refractivity contribution in [1.29, 1.82) is 0 Å². The highest BCUT2D eigenvalue weighted by Gasteiger charge is 2.41. The standard InChI is InChI=1S/C12H21Cl3N2O2/c1-7(2)10(18)16-11(12(13,14)15)17-5-8(3)19-9(4)6-17/h7-9,11H,5-6H2,1-4H3,(H,16,18)/t8-,9-,11+/m1/s1. The van der Waals surface area contributed by atoms with Crippen LogP contribution in [0, 0.1) is 5.92 Å². The number of morpholine rings is 1. The molecule has 0 aromatic rings. The van der Waals surface area contributed by atoms with Gasteiger partial charge >= 0.3 is 0 Å². The van der Waals surface area contributed by atoms with Gasteiger partial charge in [-0.15, -0.1) is 0 Å². The van der Waals surface area contributed by atoms with Crippen molar-refractivity contribution in [3.63, 3.8) is 0 Å². The summed E-state index contributed by atoms with van der Waals surface area (Å²) < 4.78 is 4.07. The fourth-order valence-electron chi connectivity index (χ4n) is 2.11. The van der Waals surface area contributed by atoms with Crippen molar-refractivity contribution in [2.45, 2.75) is 49.9 Å². The third-order valence-corrected chi connectivity index (χ3v) is 3.55. The molecule has 19 heavy (non-hydrogen) atoms. The highest BCUT2D eigenvalue weighted by atomic mass is 35.6. The van der Waals surface area contributed by atoms with Crippen LogP contribution < -0.4 is 5.32 Å². The maximum absolute atomic E-state index is 11.9. The zero-order valence-corrected chi connectivity index (χ0v) is 13.9. The van der Waals surface area contributed by atoms with E-state index in [1.807, 2.05) is 18.7 Å². The van der Waals surface area contributed by atoms with E-state index >= 15 is 0 Å². The lowest BCUT2D eigenvalue weighted by molar-refractivity contribution is -0.129. The van der Waals surface area contributed by atoms with Gasteiger partial charge in [0.2, 0.25) is 9.70 Å². The number of hydrogen-bond acceptors (Lipinski definition) is 3. The molecule has 7 heteroatoms. The Balaban J connectivity index is 2.82. The Labute approximate surface area is 129 Å². The van der Waals surface area contributed by atoms with Gasteiger partial charge in [0.05, 0.1) is 12.2 Å². The van der Waals surface area contributed by atoms with E-state index in [0.29, 0.717) is 13.1 Å². The van der Waals surface area contributed by atoms with E-state index in [9.17, 15) is 4.79 Å². The molecule has 3 atom stereocenters. The number of halogens is 3. The summed E-state index contributed by atoms with van der Waals surface area (Å²) in [5.41, 5.74) is 0. The number of nitrogens with one attached hydrogen (secondary N) is 1. The molecule has 0 aromatic carbocycles. The number of alkyl halides is 3. The Hall–Kier alpha value is 0.260. The minimum absolute atomic E-state index is 0.0366. The second-order valence-corrected chi connectivity index (χ2v) is 7.69. The van der Waals surface area contributed by atoms with Gasteiger partial charge in [0.25, 0.3) is 0 Å². The highest BCUT2D eigenvalue weighted by Crippen LogP contribution is 2.33. The van der Waals surface area contributed by atoms with Gasteiger partial charge in [-0.05, 0) is 13.8 Å². The van der Waals surface area contributed by atoms with Crippen molar-refractivity contribution < 1.29 is 9.53 Å². The molecule has 112 valence electrons. The van der Waals surface area contributed by atoms with E-state index < -0.39 is 9.96 Å². The largest absolute Gasteiger partial charge is 0.373 e. The first-order valence-electron chi connectivity index (χ1n) is 6.38.